The van der Waals surface area contributed by atoms with E-state index in [1.165, 1.54) is 25.0 Å². The number of benzene rings is 1. The molecule has 2 rings (SSSR count). The van der Waals surface area contributed by atoms with Crippen molar-refractivity contribution in [3.05, 3.63) is 35.1 Å². The normalized spacial score (nSPS) is 22.2. The molecular weight excluding hydrogens is 273 g/mol. The maximum Gasteiger partial charge on any atom is 0.251 e. The molecule has 116 valence electrons. The van der Waals surface area contributed by atoms with E-state index < -0.39 is 11.7 Å². The van der Waals surface area contributed by atoms with Crippen LogP contribution in [-0.4, -0.2) is 25.2 Å². The molecule has 0 bridgehead atoms. The van der Waals surface area contributed by atoms with Crippen LogP contribution in [0.5, 0.6) is 0 Å². The summed E-state index contributed by atoms with van der Waals surface area (Å²) in [4.78, 5) is 11.0. The molecule has 1 amide bonds. The minimum atomic E-state index is -0.768. The maximum absolute atomic E-state index is 13.7. The topological polar surface area (TPSA) is 61.5 Å². The van der Waals surface area contributed by atoms with Crippen LogP contribution >= 0.6 is 0 Å². The first-order valence-electron chi connectivity index (χ1n) is 7.44. The summed E-state index contributed by atoms with van der Waals surface area (Å²) in [7, 11) is 0. The molecule has 1 aromatic carbocycles. The molecule has 1 saturated heterocycles. The van der Waals surface area contributed by atoms with E-state index in [4.69, 9.17) is 15.2 Å². The highest BCUT2D eigenvalue weighted by Crippen LogP contribution is 2.26. The Morgan fingerprint density at radius 3 is 2.71 bits per heavy atom. The Labute approximate surface area is 124 Å². The van der Waals surface area contributed by atoms with Crippen LogP contribution in [0.25, 0.3) is 0 Å². The molecule has 0 radical (unpaired) electrons. The van der Waals surface area contributed by atoms with Crippen molar-refractivity contribution in [1.82, 2.24) is 0 Å². The lowest BCUT2D eigenvalue weighted by Crippen LogP contribution is -2.31. The van der Waals surface area contributed by atoms with Crippen LogP contribution in [-0.2, 0) is 9.47 Å². The number of nitrogens with two attached hydrogens (primary N) is 1. The van der Waals surface area contributed by atoms with Crippen molar-refractivity contribution in [2.24, 2.45) is 5.73 Å². The van der Waals surface area contributed by atoms with Gasteiger partial charge in [-0.15, -0.1) is 0 Å². The minimum Gasteiger partial charge on any atom is -0.373 e. The zero-order chi connectivity index (χ0) is 15.2. The fourth-order valence-electron chi connectivity index (χ4n) is 2.46. The van der Waals surface area contributed by atoms with Crippen molar-refractivity contribution in [2.75, 3.05) is 13.2 Å². The lowest BCUT2D eigenvalue weighted by Gasteiger charge is -2.30. The molecule has 0 saturated carbocycles. The highest BCUT2D eigenvalue weighted by Gasteiger charge is 2.24. The van der Waals surface area contributed by atoms with E-state index in [0.29, 0.717) is 18.8 Å². The monoisotopic (exact) mass is 295 g/mol. The third-order valence-corrected chi connectivity index (χ3v) is 3.73. The largest absolute Gasteiger partial charge is 0.373 e. The summed E-state index contributed by atoms with van der Waals surface area (Å²) in [6, 6.07) is 4.35. The molecule has 21 heavy (non-hydrogen) atoms. The first-order chi connectivity index (χ1) is 10.1. The lowest BCUT2D eigenvalue weighted by molar-refractivity contribution is -0.137. The van der Waals surface area contributed by atoms with Gasteiger partial charge in [0.15, 0.2) is 0 Å². The minimum absolute atomic E-state index is 0.104. The molecule has 0 unspecified atom stereocenters. The molecular formula is C16H22FNO3. The molecule has 2 N–H and O–H groups in total. The first kappa shape index (κ1) is 15.9. The molecule has 0 spiro atoms. The lowest BCUT2D eigenvalue weighted by atomic mass is 10.0. The van der Waals surface area contributed by atoms with Gasteiger partial charge in [0, 0.05) is 0 Å². The van der Waals surface area contributed by atoms with Gasteiger partial charge in [-0.1, -0.05) is 32.3 Å². The average Bonchev–Trinajstić information content (AvgIpc) is 2.48. The molecule has 1 aliphatic rings. The van der Waals surface area contributed by atoms with Gasteiger partial charge < -0.3 is 15.2 Å². The number of primary amides is 1. The summed E-state index contributed by atoms with van der Waals surface area (Å²) in [5, 5.41) is 0. The van der Waals surface area contributed by atoms with Gasteiger partial charge in [-0.3, -0.25) is 4.79 Å². The summed E-state index contributed by atoms with van der Waals surface area (Å²) in [5.74, 6) is -1.38. The Bertz CT molecular complexity index is 484. The summed E-state index contributed by atoms with van der Waals surface area (Å²) in [5.41, 5.74) is 5.65. The summed E-state index contributed by atoms with van der Waals surface area (Å²) in [6.07, 6.45) is 4.35. The second-order valence-electron chi connectivity index (χ2n) is 5.38. The molecule has 0 aromatic heterocycles. The van der Waals surface area contributed by atoms with Crippen LogP contribution in [0.1, 0.15) is 54.6 Å². The van der Waals surface area contributed by atoms with Gasteiger partial charge >= 0.3 is 0 Å². The van der Waals surface area contributed by atoms with E-state index in [0.717, 1.165) is 12.8 Å². The third-order valence-electron chi connectivity index (χ3n) is 3.73. The Kier molecular flexibility index (Phi) is 5.70. The van der Waals surface area contributed by atoms with Crippen LogP contribution in [0.15, 0.2) is 18.2 Å². The van der Waals surface area contributed by atoms with Gasteiger partial charge in [-0.05, 0) is 24.1 Å². The van der Waals surface area contributed by atoms with Crippen molar-refractivity contribution < 1.29 is 18.7 Å². The predicted molar refractivity (Wildman–Crippen MR) is 77.5 cm³/mol. The molecule has 1 fully saturated rings. The van der Waals surface area contributed by atoms with E-state index in [1.54, 1.807) is 6.07 Å². The smallest absolute Gasteiger partial charge is 0.251 e. The van der Waals surface area contributed by atoms with Gasteiger partial charge in [-0.25, -0.2) is 4.39 Å². The summed E-state index contributed by atoms with van der Waals surface area (Å²) >= 11 is 0. The number of hydrogen-bond acceptors (Lipinski definition) is 3. The predicted octanol–water partition coefficient (Wildman–Crippen LogP) is 2.96. The maximum atomic E-state index is 13.7. The first-order valence-corrected chi connectivity index (χ1v) is 7.44. The number of hydrogen-bond donors (Lipinski definition) is 1. The van der Waals surface area contributed by atoms with Gasteiger partial charge in [0.2, 0.25) is 0 Å². The van der Waals surface area contributed by atoms with Crippen molar-refractivity contribution >= 4 is 5.91 Å². The van der Waals surface area contributed by atoms with E-state index >= 15 is 0 Å². The van der Waals surface area contributed by atoms with Crippen molar-refractivity contribution in [3.63, 3.8) is 0 Å². The average molecular weight is 295 g/mol. The zero-order valence-corrected chi connectivity index (χ0v) is 12.3. The highest BCUT2D eigenvalue weighted by atomic mass is 19.1. The molecule has 1 heterocycles. The van der Waals surface area contributed by atoms with E-state index in [-0.39, 0.29) is 17.8 Å². The Morgan fingerprint density at radius 1 is 1.33 bits per heavy atom. The summed E-state index contributed by atoms with van der Waals surface area (Å²) in [6.45, 7) is 3.10. The Hall–Kier alpha value is -1.46. The summed E-state index contributed by atoms with van der Waals surface area (Å²) < 4.78 is 25.3. The third kappa shape index (κ3) is 4.25. The van der Waals surface area contributed by atoms with Crippen LogP contribution in [0.3, 0.4) is 0 Å². The number of unbranched alkanes of at least 4 members (excludes halogenated alkanes) is 2. The van der Waals surface area contributed by atoms with Crippen LogP contribution in [0.2, 0.25) is 0 Å². The molecule has 4 nitrogen and oxygen atoms in total. The van der Waals surface area contributed by atoms with E-state index in [9.17, 15) is 9.18 Å². The number of halogens is 1. The second-order valence-corrected chi connectivity index (χ2v) is 5.38. The molecule has 1 aromatic rings. The van der Waals surface area contributed by atoms with Crippen molar-refractivity contribution in [3.8, 4) is 0 Å². The van der Waals surface area contributed by atoms with Gasteiger partial charge in [-0.2, -0.15) is 0 Å². The zero-order valence-electron chi connectivity index (χ0n) is 12.3. The van der Waals surface area contributed by atoms with E-state index in [1.807, 2.05) is 0 Å². The molecule has 5 heteroatoms. The van der Waals surface area contributed by atoms with Gasteiger partial charge in [0.25, 0.3) is 5.91 Å². The number of ether oxygens (including phenoxy) is 2. The fraction of sp³-hybridized carbons (Fsp3) is 0.562. The quantitative estimate of drug-likeness (QED) is 0.821. The van der Waals surface area contributed by atoms with Crippen molar-refractivity contribution in [1.29, 1.82) is 0 Å². The fourth-order valence-corrected chi connectivity index (χ4v) is 2.46. The SMILES string of the molecule is CCCCC[C@@H]1CO[C@@H](c2ccc(C(N)=O)c(F)c2)CO1. The Balaban J connectivity index is 1.90. The van der Waals surface area contributed by atoms with Crippen LogP contribution in [0, 0.1) is 5.82 Å². The number of rotatable bonds is 6. The van der Waals surface area contributed by atoms with Crippen LogP contribution in [0.4, 0.5) is 4.39 Å². The standard InChI is InChI=1S/C16H22FNO3/c1-2-3-4-5-12-9-21-15(10-20-12)11-6-7-13(16(18)19)14(17)8-11/h6-8,12,15H,2-5,9-10H2,1H3,(H2,18,19)/t12-,15-/m1/s1. The van der Waals surface area contributed by atoms with Crippen LogP contribution < -0.4 is 5.73 Å². The molecule has 1 aliphatic heterocycles. The van der Waals surface area contributed by atoms with Gasteiger partial charge in [0.1, 0.15) is 11.9 Å². The molecule has 2 atom stereocenters. The van der Waals surface area contributed by atoms with E-state index in [2.05, 4.69) is 6.92 Å². The van der Waals surface area contributed by atoms with Crippen molar-refractivity contribution in [2.45, 2.75) is 44.8 Å². The second kappa shape index (κ2) is 7.52. The molecule has 0 aliphatic carbocycles. The number of carbonyl (C=O) groups is 1. The Morgan fingerprint density at radius 2 is 2.14 bits per heavy atom. The number of carbonyl (C=O) groups excluding carboxylic acids is 1. The van der Waals surface area contributed by atoms with Gasteiger partial charge in [0.05, 0.1) is 24.9 Å². The highest BCUT2D eigenvalue weighted by molar-refractivity contribution is 5.93. The number of amides is 1.